The second-order valence-electron chi connectivity index (χ2n) is 11.6. The summed E-state index contributed by atoms with van der Waals surface area (Å²) in [5, 5.41) is 4.55. The first-order valence-corrected chi connectivity index (χ1v) is 15.5. The molecule has 1 aliphatic rings. The maximum atomic E-state index is 13.7. The smallest absolute Gasteiger partial charge is 0.268 e. The van der Waals surface area contributed by atoms with Crippen LogP contribution < -0.4 is 17.0 Å². The van der Waals surface area contributed by atoms with Gasteiger partial charge >= 0.3 is 0 Å². The fraction of sp³-hybridized carbons (Fsp3) is 0.273. The van der Waals surface area contributed by atoms with E-state index >= 15 is 0 Å². The van der Waals surface area contributed by atoms with Crippen molar-refractivity contribution in [2.45, 2.75) is 39.5 Å². The molecule has 0 aliphatic carbocycles. The minimum atomic E-state index is -0.827. The summed E-state index contributed by atoms with van der Waals surface area (Å²) in [4.78, 5) is 49.2. The molecule has 1 aliphatic heterocycles. The van der Waals surface area contributed by atoms with Crippen molar-refractivity contribution in [1.82, 2.24) is 29.0 Å². The number of nitrogens with zero attached hydrogens (tertiary/aromatic N) is 6. The molecule has 2 amide bonds. The van der Waals surface area contributed by atoms with Crippen molar-refractivity contribution in [1.29, 1.82) is 0 Å². The number of pyridine rings is 2. The summed E-state index contributed by atoms with van der Waals surface area (Å²) in [5.74, 6) is -0.127. The first-order valence-electron chi connectivity index (χ1n) is 14.8. The third kappa shape index (κ3) is 5.28. The van der Waals surface area contributed by atoms with Gasteiger partial charge in [0.05, 0.1) is 11.9 Å². The lowest BCUT2D eigenvalue weighted by Crippen LogP contribution is -2.40. The van der Waals surface area contributed by atoms with E-state index in [2.05, 4.69) is 37.1 Å². The van der Waals surface area contributed by atoms with Gasteiger partial charge in [0.2, 0.25) is 5.91 Å². The summed E-state index contributed by atoms with van der Waals surface area (Å²) >= 11 is 3.64. The predicted molar refractivity (Wildman–Crippen MR) is 176 cm³/mol. The zero-order chi connectivity index (χ0) is 32.0. The number of amides is 2. The summed E-state index contributed by atoms with van der Waals surface area (Å²) in [6.45, 7) is 7.03. The number of halogens is 1. The van der Waals surface area contributed by atoms with E-state index in [0.29, 0.717) is 51.4 Å². The van der Waals surface area contributed by atoms with Gasteiger partial charge in [-0.3, -0.25) is 23.9 Å². The summed E-state index contributed by atoms with van der Waals surface area (Å²) in [6.07, 6.45) is 6.26. The maximum Gasteiger partial charge on any atom is 0.268 e. The Morgan fingerprint density at radius 2 is 1.76 bits per heavy atom. The van der Waals surface area contributed by atoms with Crippen molar-refractivity contribution in [3.8, 4) is 27.9 Å². The number of nitrogen functional groups attached to an aromatic ring is 1. The number of rotatable bonds is 6. The minimum absolute atomic E-state index is 0.0283. The number of benzene rings is 1. The molecule has 45 heavy (non-hydrogen) atoms. The molecule has 0 atom stereocenters. The Kier molecular flexibility index (Phi) is 8.00. The SMILES string of the molecule is Cc1c(Br)c(-c2ccc(-c3cc(C4CCN(C(=O)C(C)C)CC4)n4ncnc(N)c34)cc2)c(C(N)=O)c(=O)n1-c1cccnc1. The number of primary amides is 1. The summed E-state index contributed by atoms with van der Waals surface area (Å²) in [6, 6.07) is 13.1. The number of nitrogens with two attached hydrogens (primary N) is 2. The van der Waals surface area contributed by atoms with Gasteiger partial charge < -0.3 is 16.4 Å². The van der Waals surface area contributed by atoms with E-state index in [-0.39, 0.29) is 23.3 Å². The fourth-order valence-corrected chi connectivity index (χ4v) is 6.84. The highest BCUT2D eigenvalue weighted by Gasteiger charge is 2.29. The number of aromatic nitrogens is 5. The Morgan fingerprint density at radius 3 is 2.38 bits per heavy atom. The predicted octanol–water partition coefficient (Wildman–Crippen LogP) is 4.72. The number of carbonyl (C=O) groups excluding carboxylic acids is 2. The molecule has 230 valence electrons. The second-order valence-corrected chi connectivity index (χ2v) is 12.4. The Hall–Kier alpha value is -4.84. The Balaban J connectivity index is 1.40. The van der Waals surface area contributed by atoms with Crippen LogP contribution in [0.3, 0.4) is 0 Å². The molecule has 5 aromatic rings. The zero-order valence-corrected chi connectivity index (χ0v) is 26.8. The molecule has 0 bridgehead atoms. The third-order valence-corrected chi connectivity index (χ3v) is 9.47. The molecule has 6 rings (SSSR count). The lowest BCUT2D eigenvalue weighted by molar-refractivity contribution is -0.135. The molecule has 4 aromatic heterocycles. The third-order valence-electron chi connectivity index (χ3n) is 8.50. The van der Waals surface area contributed by atoms with Crippen LogP contribution in [0, 0.1) is 12.8 Å². The Labute approximate surface area is 268 Å². The highest BCUT2D eigenvalue weighted by atomic mass is 79.9. The molecule has 0 radical (unpaired) electrons. The lowest BCUT2D eigenvalue weighted by Gasteiger charge is -2.33. The van der Waals surface area contributed by atoms with Crippen molar-refractivity contribution >= 4 is 39.1 Å². The van der Waals surface area contributed by atoms with Crippen LogP contribution in [0.25, 0.3) is 33.5 Å². The van der Waals surface area contributed by atoms with E-state index in [1.165, 1.54) is 10.9 Å². The van der Waals surface area contributed by atoms with Gasteiger partial charge in [0.25, 0.3) is 11.5 Å². The van der Waals surface area contributed by atoms with Crippen LogP contribution in [0.5, 0.6) is 0 Å². The number of carbonyl (C=O) groups is 2. The van der Waals surface area contributed by atoms with E-state index < -0.39 is 11.5 Å². The number of hydrogen-bond donors (Lipinski definition) is 2. The maximum absolute atomic E-state index is 13.7. The molecule has 1 saturated heterocycles. The monoisotopic (exact) mass is 668 g/mol. The average Bonchev–Trinajstić information content (AvgIpc) is 3.44. The van der Waals surface area contributed by atoms with Crippen LogP contribution in [-0.2, 0) is 4.79 Å². The summed E-state index contributed by atoms with van der Waals surface area (Å²) < 4.78 is 3.86. The number of anilines is 1. The lowest BCUT2D eigenvalue weighted by atomic mass is 9.92. The van der Waals surface area contributed by atoms with Crippen LogP contribution in [0.15, 0.2) is 70.5 Å². The normalized spacial score (nSPS) is 13.9. The van der Waals surface area contributed by atoms with Crippen molar-refractivity contribution in [2.24, 2.45) is 11.7 Å². The molecule has 4 N–H and O–H groups in total. The number of piperidine rings is 1. The summed E-state index contributed by atoms with van der Waals surface area (Å²) in [5.41, 5.74) is 17.2. The van der Waals surface area contributed by atoms with E-state index in [4.69, 9.17) is 11.5 Å². The van der Waals surface area contributed by atoms with E-state index in [1.54, 1.807) is 31.5 Å². The molecular formula is C33H33BrN8O3. The van der Waals surface area contributed by atoms with Crippen LogP contribution in [0.1, 0.15) is 54.4 Å². The molecule has 0 spiro atoms. The average molecular weight is 670 g/mol. The molecule has 1 fully saturated rings. The molecule has 0 unspecified atom stereocenters. The van der Waals surface area contributed by atoms with Crippen molar-refractivity contribution in [3.63, 3.8) is 0 Å². The minimum Gasteiger partial charge on any atom is -0.382 e. The molecule has 0 saturated carbocycles. The molecule has 5 heterocycles. The van der Waals surface area contributed by atoms with E-state index in [1.807, 2.05) is 47.5 Å². The van der Waals surface area contributed by atoms with E-state index in [0.717, 1.165) is 29.7 Å². The number of likely N-dealkylation sites (tertiary alicyclic amines) is 1. The van der Waals surface area contributed by atoms with Crippen LogP contribution in [-0.4, -0.2) is 54.0 Å². The first kappa shape index (κ1) is 30.2. The summed E-state index contributed by atoms with van der Waals surface area (Å²) in [7, 11) is 0. The number of hydrogen-bond acceptors (Lipinski definition) is 7. The zero-order valence-electron chi connectivity index (χ0n) is 25.2. The van der Waals surface area contributed by atoms with Crippen LogP contribution in [0.2, 0.25) is 0 Å². The highest BCUT2D eigenvalue weighted by molar-refractivity contribution is 9.10. The van der Waals surface area contributed by atoms with Gasteiger partial charge in [-0.2, -0.15) is 5.10 Å². The number of fused-ring (bicyclic) bond motifs is 1. The molecule has 12 heteroatoms. The second kappa shape index (κ2) is 11.9. The Morgan fingerprint density at radius 1 is 1.07 bits per heavy atom. The van der Waals surface area contributed by atoms with Gasteiger partial charge in [-0.05, 0) is 65.0 Å². The Bertz CT molecular complexity index is 1990. The van der Waals surface area contributed by atoms with Gasteiger partial charge in [-0.1, -0.05) is 38.1 Å². The standard InChI is InChI=1S/C33H33BrN8O3/c1-18(2)32(44)40-13-10-21(11-14-40)25-15-24(29-30(35)38-17-39-42(25)29)20-6-8-22(9-7-20)26-27(31(36)43)33(45)41(19(3)28(26)34)23-5-4-12-37-16-23/h4-9,12,15-18,21H,10-11,13-14H2,1-3H3,(H2,36,43)(H2,35,38,39). The van der Waals surface area contributed by atoms with E-state index in [9.17, 15) is 14.4 Å². The fourth-order valence-electron chi connectivity index (χ4n) is 6.24. The first-order chi connectivity index (χ1) is 21.6. The van der Waals surface area contributed by atoms with Gasteiger partial charge in [0.1, 0.15) is 17.4 Å². The quantitative estimate of drug-likeness (QED) is 0.265. The van der Waals surface area contributed by atoms with Crippen molar-refractivity contribution in [2.75, 3.05) is 18.8 Å². The van der Waals surface area contributed by atoms with Gasteiger partial charge in [0.15, 0.2) is 5.82 Å². The van der Waals surface area contributed by atoms with Gasteiger partial charge in [-0.25, -0.2) is 9.50 Å². The topological polar surface area (TPSA) is 154 Å². The van der Waals surface area contributed by atoms with Gasteiger partial charge in [-0.15, -0.1) is 0 Å². The van der Waals surface area contributed by atoms with Crippen molar-refractivity contribution in [3.05, 3.63) is 93.0 Å². The highest BCUT2D eigenvalue weighted by Crippen LogP contribution is 2.39. The van der Waals surface area contributed by atoms with Gasteiger partial charge in [0, 0.05) is 58.1 Å². The molecule has 11 nitrogen and oxygen atoms in total. The van der Waals surface area contributed by atoms with Crippen molar-refractivity contribution < 1.29 is 9.59 Å². The van der Waals surface area contributed by atoms with Crippen LogP contribution >= 0.6 is 15.9 Å². The van der Waals surface area contributed by atoms with Crippen LogP contribution in [0.4, 0.5) is 5.82 Å². The molecule has 1 aromatic carbocycles. The largest absolute Gasteiger partial charge is 0.382 e. The molecular weight excluding hydrogens is 636 g/mol.